The Balaban J connectivity index is 1.78. The Kier molecular flexibility index (Phi) is 5.73. The number of amides is 2. The van der Waals surface area contributed by atoms with Gasteiger partial charge in [0.05, 0.1) is 6.20 Å². The summed E-state index contributed by atoms with van der Waals surface area (Å²) in [7, 11) is 1.61. The molecule has 1 fully saturated rings. The summed E-state index contributed by atoms with van der Waals surface area (Å²) in [6.07, 6.45) is 2.90. The quantitative estimate of drug-likeness (QED) is 0.599. The van der Waals surface area contributed by atoms with Gasteiger partial charge in [-0.05, 0) is 70.7 Å². The van der Waals surface area contributed by atoms with Crippen LogP contribution in [0.1, 0.15) is 55.1 Å². The zero-order valence-electron chi connectivity index (χ0n) is 19.9. The van der Waals surface area contributed by atoms with Crippen LogP contribution in [0.4, 0.5) is 22.1 Å². The summed E-state index contributed by atoms with van der Waals surface area (Å²) in [6.45, 7) is 9.47. The lowest BCUT2D eigenvalue weighted by molar-refractivity contribution is 0.0587. The highest BCUT2D eigenvalue weighted by Crippen LogP contribution is 2.27. The summed E-state index contributed by atoms with van der Waals surface area (Å²) in [5.74, 6) is 0.680. The van der Waals surface area contributed by atoms with Crippen molar-refractivity contribution in [2.45, 2.75) is 59.1 Å². The molecule has 1 saturated carbocycles. The Labute approximate surface area is 193 Å². The minimum Gasteiger partial charge on any atom is -0.443 e. The van der Waals surface area contributed by atoms with Crippen LogP contribution in [-0.2, 0) is 4.74 Å². The second kappa shape index (κ2) is 8.38. The lowest BCUT2D eigenvalue weighted by atomic mass is 10.1. The molecule has 1 aliphatic rings. The third kappa shape index (κ3) is 5.24. The largest absolute Gasteiger partial charge is 0.443 e. The average Bonchev–Trinajstić information content (AvgIpc) is 3.40. The van der Waals surface area contributed by atoms with E-state index in [9.17, 15) is 9.59 Å². The molecule has 4 rings (SSSR count). The van der Waals surface area contributed by atoms with Gasteiger partial charge in [0, 0.05) is 24.8 Å². The maximum absolute atomic E-state index is 12.8. The number of nitrogens with one attached hydrogen (secondary N) is 2. The third-order valence-corrected chi connectivity index (χ3v) is 5.12. The van der Waals surface area contributed by atoms with Gasteiger partial charge >= 0.3 is 6.09 Å². The number of rotatable bonds is 5. The zero-order chi connectivity index (χ0) is 23.9. The smallest absolute Gasteiger partial charge is 0.415 e. The van der Waals surface area contributed by atoms with Crippen molar-refractivity contribution in [1.29, 1.82) is 0 Å². The second-order valence-electron chi connectivity index (χ2n) is 9.58. The number of anilines is 3. The number of carbonyl (C=O) groups excluding carboxylic acids is 2. The van der Waals surface area contributed by atoms with Crippen molar-refractivity contribution in [3.8, 4) is 0 Å². The molecule has 1 aromatic carbocycles. The Bertz CT molecular complexity index is 1200. The number of aryl methyl sites for hydroxylation is 2. The first-order valence-electron chi connectivity index (χ1n) is 11.0. The maximum atomic E-state index is 12.8. The molecule has 3 aromatic rings. The van der Waals surface area contributed by atoms with Gasteiger partial charge in [-0.2, -0.15) is 9.61 Å². The molecule has 2 aromatic heterocycles. The van der Waals surface area contributed by atoms with Gasteiger partial charge in [0.25, 0.3) is 5.91 Å². The van der Waals surface area contributed by atoms with E-state index in [1.807, 2.05) is 46.8 Å². The summed E-state index contributed by atoms with van der Waals surface area (Å²) in [5, 5.41) is 10.6. The molecule has 174 valence electrons. The zero-order valence-corrected chi connectivity index (χ0v) is 19.9. The van der Waals surface area contributed by atoms with E-state index >= 15 is 0 Å². The van der Waals surface area contributed by atoms with Gasteiger partial charge < -0.3 is 15.4 Å². The van der Waals surface area contributed by atoms with E-state index < -0.39 is 11.7 Å². The fraction of sp³-hybridized carbons (Fsp3) is 0.417. The normalized spacial score (nSPS) is 13.6. The highest BCUT2D eigenvalue weighted by molar-refractivity contribution is 6.00. The van der Waals surface area contributed by atoms with Crippen LogP contribution < -0.4 is 15.5 Å². The van der Waals surface area contributed by atoms with E-state index in [0.29, 0.717) is 22.8 Å². The van der Waals surface area contributed by atoms with Crippen LogP contribution in [0.25, 0.3) is 5.65 Å². The fourth-order valence-electron chi connectivity index (χ4n) is 3.52. The summed E-state index contributed by atoms with van der Waals surface area (Å²) in [4.78, 5) is 31.6. The number of nitrogens with zero attached hydrogens (tertiary/aromatic N) is 4. The summed E-state index contributed by atoms with van der Waals surface area (Å²) >= 11 is 0. The van der Waals surface area contributed by atoms with Crippen molar-refractivity contribution in [3.63, 3.8) is 0 Å². The molecular weight excluding hydrogens is 420 g/mol. The predicted octanol–water partition coefficient (Wildman–Crippen LogP) is 4.35. The molecule has 0 bridgehead atoms. The average molecular weight is 451 g/mol. The summed E-state index contributed by atoms with van der Waals surface area (Å²) in [6, 6.07) is 8.01. The number of hydrogen-bond acceptors (Lipinski definition) is 6. The van der Waals surface area contributed by atoms with Gasteiger partial charge in [0.1, 0.15) is 22.8 Å². The number of aromatic nitrogens is 3. The van der Waals surface area contributed by atoms with Gasteiger partial charge in [0.2, 0.25) is 0 Å². The second-order valence-corrected chi connectivity index (χ2v) is 9.58. The van der Waals surface area contributed by atoms with Crippen LogP contribution >= 0.6 is 0 Å². The van der Waals surface area contributed by atoms with E-state index in [1.54, 1.807) is 13.1 Å². The minimum atomic E-state index is -0.656. The Morgan fingerprint density at radius 2 is 1.79 bits per heavy atom. The molecule has 0 atom stereocenters. The van der Waals surface area contributed by atoms with Gasteiger partial charge in [0.15, 0.2) is 5.65 Å². The molecule has 0 spiro atoms. The molecule has 33 heavy (non-hydrogen) atoms. The van der Waals surface area contributed by atoms with Crippen molar-refractivity contribution in [1.82, 2.24) is 19.9 Å². The number of carbonyl (C=O) groups is 2. The molecule has 2 amide bonds. The van der Waals surface area contributed by atoms with Crippen molar-refractivity contribution in [3.05, 3.63) is 47.2 Å². The van der Waals surface area contributed by atoms with E-state index in [0.717, 1.165) is 29.7 Å². The van der Waals surface area contributed by atoms with Gasteiger partial charge in [-0.25, -0.2) is 9.78 Å². The van der Waals surface area contributed by atoms with E-state index in [1.165, 1.54) is 15.6 Å². The number of ether oxygens (including phenoxy) is 1. The van der Waals surface area contributed by atoms with Gasteiger partial charge in [-0.15, -0.1) is 0 Å². The van der Waals surface area contributed by atoms with Gasteiger partial charge in [-0.1, -0.05) is 6.07 Å². The van der Waals surface area contributed by atoms with Crippen LogP contribution in [0.3, 0.4) is 0 Å². The molecule has 0 saturated heterocycles. The lowest BCUT2D eigenvalue weighted by Crippen LogP contribution is -2.35. The highest BCUT2D eigenvalue weighted by atomic mass is 16.6. The third-order valence-electron chi connectivity index (χ3n) is 5.12. The van der Waals surface area contributed by atoms with Crippen LogP contribution in [0, 0.1) is 13.8 Å². The standard InChI is InChI=1S/C24H30N6O3/c1-14-9-15(2)11-17(10-14)26-19-12-20(29(6)23(32)33-24(3,4)5)30-21(28-19)18(13-25-30)22(31)27-16-7-8-16/h9-13,16H,7-8H2,1-6H3,(H,26,28)(H,27,31). The number of fused-ring (bicyclic) bond motifs is 1. The Morgan fingerprint density at radius 1 is 1.12 bits per heavy atom. The molecule has 0 radical (unpaired) electrons. The van der Waals surface area contributed by atoms with Crippen molar-refractivity contribution in [2.75, 3.05) is 17.3 Å². The lowest BCUT2D eigenvalue weighted by Gasteiger charge is -2.25. The molecule has 0 unspecified atom stereocenters. The predicted molar refractivity (Wildman–Crippen MR) is 127 cm³/mol. The summed E-state index contributed by atoms with van der Waals surface area (Å²) < 4.78 is 7.02. The topological polar surface area (TPSA) is 101 Å². The first-order chi connectivity index (χ1) is 15.5. The van der Waals surface area contributed by atoms with Crippen LogP contribution in [0.5, 0.6) is 0 Å². The van der Waals surface area contributed by atoms with Crippen molar-refractivity contribution < 1.29 is 14.3 Å². The molecule has 9 heteroatoms. The number of benzene rings is 1. The molecule has 2 N–H and O–H groups in total. The van der Waals surface area contributed by atoms with E-state index in [-0.39, 0.29) is 11.9 Å². The van der Waals surface area contributed by atoms with Crippen molar-refractivity contribution in [2.24, 2.45) is 0 Å². The number of hydrogen-bond donors (Lipinski definition) is 2. The first kappa shape index (κ1) is 22.6. The monoisotopic (exact) mass is 450 g/mol. The molecule has 2 heterocycles. The molecule has 9 nitrogen and oxygen atoms in total. The first-order valence-corrected chi connectivity index (χ1v) is 11.0. The maximum Gasteiger partial charge on any atom is 0.415 e. The highest BCUT2D eigenvalue weighted by Gasteiger charge is 2.28. The summed E-state index contributed by atoms with van der Waals surface area (Å²) in [5.41, 5.74) is 3.13. The van der Waals surface area contributed by atoms with Crippen LogP contribution in [-0.4, -0.2) is 45.3 Å². The Morgan fingerprint density at radius 3 is 2.39 bits per heavy atom. The van der Waals surface area contributed by atoms with E-state index in [4.69, 9.17) is 4.74 Å². The molecule has 1 aliphatic carbocycles. The van der Waals surface area contributed by atoms with Crippen LogP contribution in [0.15, 0.2) is 30.5 Å². The minimum absolute atomic E-state index is 0.202. The van der Waals surface area contributed by atoms with Crippen molar-refractivity contribution >= 4 is 35.0 Å². The fourth-order valence-corrected chi connectivity index (χ4v) is 3.52. The van der Waals surface area contributed by atoms with Crippen LogP contribution in [0.2, 0.25) is 0 Å². The molecule has 0 aliphatic heterocycles. The Hall–Kier alpha value is -3.62. The SMILES string of the molecule is Cc1cc(C)cc(Nc2cc(N(C)C(=O)OC(C)(C)C)n3ncc(C(=O)NC4CC4)c3n2)c1. The van der Waals surface area contributed by atoms with E-state index in [2.05, 4.69) is 26.8 Å². The van der Waals surface area contributed by atoms with Gasteiger partial charge in [-0.3, -0.25) is 9.69 Å². The molecular formula is C24H30N6O3.